The van der Waals surface area contributed by atoms with Crippen LogP contribution in [0.3, 0.4) is 0 Å². The van der Waals surface area contributed by atoms with E-state index >= 15 is 0 Å². The largest absolute Gasteiger partial charge is 0.466 e. The Morgan fingerprint density at radius 1 is 1.67 bits per heavy atom. The van der Waals surface area contributed by atoms with E-state index in [0.717, 1.165) is 4.47 Å². The summed E-state index contributed by atoms with van der Waals surface area (Å²) in [6, 6.07) is 1.78. The molecule has 0 aliphatic heterocycles. The maximum Gasteiger partial charge on any atom is 0.235 e. The van der Waals surface area contributed by atoms with E-state index in [4.69, 9.17) is 4.42 Å². The third-order valence-corrected chi connectivity index (χ3v) is 1.91. The summed E-state index contributed by atoms with van der Waals surface area (Å²) < 4.78 is 6.00. The highest BCUT2D eigenvalue weighted by Crippen LogP contribution is 2.27. The summed E-state index contributed by atoms with van der Waals surface area (Å²) in [5.74, 6) is 0.637. The molecule has 0 aliphatic carbocycles. The van der Waals surface area contributed by atoms with E-state index in [0.29, 0.717) is 5.76 Å². The van der Waals surface area contributed by atoms with E-state index in [2.05, 4.69) is 20.9 Å². The minimum atomic E-state index is -0.631. The van der Waals surface area contributed by atoms with Crippen LogP contribution in [0.25, 0.3) is 0 Å². The van der Waals surface area contributed by atoms with E-state index in [9.17, 15) is 4.79 Å². The molecule has 3 nitrogen and oxygen atoms in total. The summed E-state index contributed by atoms with van der Waals surface area (Å²) in [6.07, 6.45) is 3.07. The molecular weight excluding hydrogens is 222 g/mol. The number of hydrogen-bond acceptors (Lipinski definition) is 3. The molecule has 4 heteroatoms. The number of aliphatic imine (C=N–C) groups is 1. The van der Waals surface area contributed by atoms with E-state index < -0.39 is 5.54 Å². The Morgan fingerprint density at radius 2 is 2.33 bits per heavy atom. The van der Waals surface area contributed by atoms with Crippen molar-refractivity contribution in [1.82, 2.24) is 0 Å². The van der Waals surface area contributed by atoms with Crippen molar-refractivity contribution in [3.8, 4) is 0 Å². The number of halogens is 1. The van der Waals surface area contributed by atoms with Crippen LogP contribution in [0.2, 0.25) is 0 Å². The lowest BCUT2D eigenvalue weighted by atomic mass is 10.0. The van der Waals surface area contributed by atoms with Gasteiger partial charge in [0.15, 0.2) is 0 Å². The Kier molecular flexibility index (Phi) is 2.50. The maximum absolute atomic E-state index is 10.1. The van der Waals surface area contributed by atoms with Gasteiger partial charge in [0.1, 0.15) is 17.6 Å². The molecule has 0 amide bonds. The lowest BCUT2D eigenvalue weighted by Crippen LogP contribution is -2.11. The standard InChI is InChI=1S/C8H8BrNO2/c1-8(2,10-5-11)7-3-6(9)4-12-7/h3-4H,1-2H3. The number of furan rings is 1. The molecule has 0 aromatic carbocycles. The van der Waals surface area contributed by atoms with Crippen LogP contribution >= 0.6 is 15.9 Å². The van der Waals surface area contributed by atoms with Gasteiger partial charge in [-0.05, 0) is 35.8 Å². The first-order valence-electron chi connectivity index (χ1n) is 3.40. The molecule has 1 aromatic rings. The molecule has 0 fully saturated rings. The molecule has 0 atom stereocenters. The van der Waals surface area contributed by atoms with Gasteiger partial charge in [0.2, 0.25) is 6.08 Å². The zero-order valence-corrected chi connectivity index (χ0v) is 8.38. The summed E-state index contributed by atoms with van der Waals surface area (Å²) >= 11 is 3.24. The molecule has 1 rings (SSSR count). The van der Waals surface area contributed by atoms with Gasteiger partial charge in [-0.3, -0.25) is 0 Å². The zero-order valence-electron chi connectivity index (χ0n) is 6.80. The Morgan fingerprint density at radius 3 is 2.75 bits per heavy atom. The van der Waals surface area contributed by atoms with Crippen LogP contribution in [0.4, 0.5) is 0 Å². The second kappa shape index (κ2) is 3.25. The Hall–Kier alpha value is -0.860. The third-order valence-electron chi connectivity index (χ3n) is 1.50. The molecular formula is C8H8BrNO2. The van der Waals surface area contributed by atoms with Gasteiger partial charge in [-0.2, -0.15) is 4.99 Å². The van der Waals surface area contributed by atoms with Gasteiger partial charge in [0, 0.05) is 0 Å². The molecule has 0 saturated carbocycles. The summed E-state index contributed by atoms with van der Waals surface area (Å²) in [5, 5.41) is 0. The smallest absolute Gasteiger partial charge is 0.235 e. The van der Waals surface area contributed by atoms with Crippen molar-refractivity contribution in [1.29, 1.82) is 0 Å². The van der Waals surface area contributed by atoms with Gasteiger partial charge in [-0.15, -0.1) is 0 Å². The first kappa shape index (κ1) is 9.23. The summed E-state index contributed by atoms with van der Waals surface area (Å²) in [5.41, 5.74) is -0.631. The second-order valence-corrected chi connectivity index (χ2v) is 3.81. The van der Waals surface area contributed by atoms with Crippen molar-refractivity contribution in [2.45, 2.75) is 19.4 Å². The van der Waals surface area contributed by atoms with E-state index in [1.165, 1.54) is 6.08 Å². The Bertz CT molecular complexity index is 324. The zero-order chi connectivity index (χ0) is 9.19. The van der Waals surface area contributed by atoms with Crippen LogP contribution in [0, 0.1) is 0 Å². The first-order valence-corrected chi connectivity index (χ1v) is 4.19. The van der Waals surface area contributed by atoms with Crippen LogP contribution in [0.5, 0.6) is 0 Å². The fourth-order valence-corrected chi connectivity index (χ4v) is 1.10. The van der Waals surface area contributed by atoms with E-state index in [1.54, 1.807) is 26.2 Å². The lowest BCUT2D eigenvalue weighted by molar-refractivity contribution is 0.394. The van der Waals surface area contributed by atoms with Crippen LogP contribution in [-0.2, 0) is 10.3 Å². The van der Waals surface area contributed by atoms with Crippen molar-refractivity contribution >= 4 is 22.0 Å². The highest BCUT2D eigenvalue weighted by atomic mass is 79.9. The van der Waals surface area contributed by atoms with Crippen LogP contribution in [0.15, 0.2) is 26.2 Å². The van der Waals surface area contributed by atoms with Crippen molar-refractivity contribution < 1.29 is 9.21 Å². The van der Waals surface area contributed by atoms with Crippen molar-refractivity contribution in [3.05, 3.63) is 22.6 Å². The van der Waals surface area contributed by atoms with E-state index in [1.807, 2.05) is 0 Å². The van der Waals surface area contributed by atoms with Gasteiger partial charge < -0.3 is 4.42 Å². The molecule has 64 valence electrons. The third kappa shape index (κ3) is 1.84. The molecule has 0 unspecified atom stereocenters. The lowest BCUT2D eigenvalue weighted by Gasteiger charge is -2.12. The van der Waals surface area contributed by atoms with Crippen molar-refractivity contribution in [3.63, 3.8) is 0 Å². The van der Waals surface area contributed by atoms with Gasteiger partial charge >= 0.3 is 0 Å². The Labute approximate surface area is 78.6 Å². The van der Waals surface area contributed by atoms with E-state index in [-0.39, 0.29) is 0 Å². The van der Waals surface area contributed by atoms with Crippen molar-refractivity contribution in [2.24, 2.45) is 4.99 Å². The topological polar surface area (TPSA) is 42.6 Å². The average Bonchev–Trinajstić information content (AvgIpc) is 2.36. The molecule has 1 aromatic heterocycles. The van der Waals surface area contributed by atoms with Crippen LogP contribution in [0.1, 0.15) is 19.6 Å². The number of hydrogen-bond donors (Lipinski definition) is 0. The number of carbonyl (C=O) groups excluding carboxylic acids is 1. The van der Waals surface area contributed by atoms with Crippen LogP contribution in [-0.4, -0.2) is 6.08 Å². The monoisotopic (exact) mass is 229 g/mol. The van der Waals surface area contributed by atoms with Gasteiger partial charge in [0.05, 0.1) is 4.47 Å². The van der Waals surface area contributed by atoms with Gasteiger partial charge in [-0.1, -0.05) is 0 Å². The first-order chi connectivity index (χ1) is 5.56. The molecule has 0 spiro atoms. The summed E-state index contributed by atoms with van der Waals surface area (Å²) in [7, 11) is 0. The molecule has 0 radical (unpaired) electrons. The van der Waals surface area contributed by atoms with Gasteiger partial charge in [0.25, 0.3) is 0 Å². The number of rotatable bonds is 2. The molecule has 0 aliphatic rings. The van der Waals surface area contributed by atoms with Crippen LogP contribution < -0.4 is 0 Å². The Balaban J connectivity index is 3.04. The minimum absolute atomic E-state index is 0.631. The van der Waals surface area contributed by atoms with Crippen molar-refractivity contribution in [2.75, 3.05) is 0 Å². The number of isocyanates is 1. The average molecular weight is 230 g/mol. The second-order valence-electron chi connectivity index (χ2n) is 2.89. The molecule has 12 heavy (non-hydrogen) atoms. The fraction of sp³-hybridized carbons (Fsp3) is 0.375. The SMILES string of the molecule is CC(C)(N=C=O)c1cc(Br)co1. The molecule has 0 bridgehead atoms. The molecule has 1 heterocycles. The molecule has 0 saturated heterocycles. The minimum Gasteiger partial charge on any atom is -0.466 e. The quantitative estimate of drug-likeness (QED) is 0.578. The summed E-state index contributed by atoms with van der Waals surface area (Å²) in [6.45, 7) is 3.56. The predicted molar refractivity (Wildman–Crippen MR) is 47.6 cm³/mol. The highest BCUT2D eigenvalue weighted by molar-refractivity contribution is 9.10. The highest BCUT2D eigenvalue weighted by Gasteiger charge is 2.23. The predicted octanol–water partition coefficient (Wildman–Crippen LogP) is 2.61. The maximum atomic E-state index is 10.1. The number of nitrogens with zero attached hydrogens (tertiary/aromatic N) is 1. The normalized spacial score (nSPS) is 10.9. The summed E-state index contributed by atoms with van der Waals surface area (Å²) in [4.78, 5) is 13.7. The molecule has 0 N–H and O–H groups in total. The van der Waals surface area contributed by atoms with Gasteiger partial charge in [-0.25, -0.2) is 4.79 Å². The fourth-order valence-electron chi connectivity index (χ4n) is 0.803.